The molecule has 118 valence electrons. The summed E-state index contributed by atoms with van der Waals surface area (Å²) < 4.78 is 0. The maximum Gasteiger partial charge on any atom is 0.0628 e. The van der Waals surface area contributed by atoms with Crippen molar-refractivity contribution in [1.82, 2.24) is 10.2 Å². The van der Waals surface area contributed by atoms with Crippen LogP contribution in [0.4, 0.5) is 0 Å². The lowest BCUT2D eigenvalue weighted by Crippen LogP contribution is -2.59. The number of nitrogens with one attached hydrogen (secondary N) is 1. The van der Waals surface area contributed by atoms with Crippen LogP contribution in [0.2, 0.25) is 0 Å². The lowest BCUT2D eigenvalue weighted by molar-refractivity contribution is 0.0936. The van der Waals surface area contributed by atoms with E-state index in [1.165, 1.54) is 18.4 Å². The summed E-state index contributed by atoms with van der Waals surface area (Å²) >= 11 is 0. The molecule has 2 N–H and O–H groups in total. The van der Waals surface area contributed by atoms with Crippen molar-refractivity contribution < 1.29 is 5.11 Å². The molecule has 3 heteroatoms. The number of likely N-dealkylation sites (N-methyl/N-ethyl adjacent to an activating group) is 1. The van der Waals surface area contributed by atoms with Gasteiger partial charge < -0.3 is 15.3 Å². The Morgan fingerprint density at radius 3 is 2.48 bits per heavy atom. The van der Waals surface area contributed by atoms with Gasteiger partial charge in [0, 0.05) is 19.1 Å². The second-order valence-electron chi connectivity index (χ2n) is 6.86. The average molecular weight is 290 g/mol. The molecule has 0 amide bonds. The molecule has 1 aromatic carbocycles. The van der Waals surface area contributed by atoms with Gasteiger partial charge in [0.25, 0.3) is 0 Å². The van der Waals surface area contributed by atoms with Crippen LogP contribution in [0.25, 0.3) is 0 Å². The molecular weight excluding hydrogens is 260 g/mol. The van der Waals surface area contributed by atoms with E-state index < -0.39 is 0 Å². The molecule has 1 unspecified atom stereocenters. The van der Waals surface area contributed by atoms with Gasteiger partial charge in [0.15, 0.2) is 0 Å². The number of benzene rings is 1. The highest BCUT2D eigenvalue weighted by Gasteiger charge is 2.45. The van der Waals surface area contributed by atoms with Crippen molar-refractivity contribution in [3.05, 3.63) is 35.9 Å². The van der Waals surface area contributed by atoms with E-state index in [1.807, 2.05) is 0 Å². The van der Waals surface area contributed by atoms with Crippen LogP contribution in [0.1, 0.15) is 32.3 Å². The second kappa shape index (κ2) is 7.39. The Morgan fingerprint density at radius 2 is 1.95 bits per heavy atom. The summed E-state index contributed by atoms with van der Waals surface area (Å²) in [6, 6.07) is 11.0. The zero-order chi connectivity index (χ0) is 15.3. The molecule has 0 aromatic heterocycles. The third-order valence-electron chi connectivity index (χ3n) is 4.39. The number of hydrogen-bond donors (Lipinski definition) is 2. The zero-order valence-corrected chi connectivity index (χ0v) is 13.7. The smallest absolute Gasteiger partial charge is 0.0628 e. The molecule has 0 spiro atoms. The minimum atomic E-state index is -0.125. The van der Waals surface area contributed by atoms with Crippen molar-refractivity contribution in [1.29, 1.82) is 0 Å². The van der Waals surface area contributed by atoms with Crippen LogP contribution in [0.3, 0.4) is 0 Å². The second-order valence-corrected chi connectivity index (χ2v) is 6.86. The molecule has 1 aliphatic carbocycles. The van der Waals surface area contributed by atoms with Crippen molar-refractivity contribution in [3.8, 4) is 0 Å². The Bertz CT molecular complexity index is 416. The Morgan fingerprint density at radius 1 is 1.29 bits per heavy atom. The molecule has 3 nitrogen and oxygen atoms in total. The van der Waals surface area contributed by atoms with Crippen LogP contribution in [0, 0.1) is 5.92 Å². The minimum absolute atomic E-state index is 0.125. The highest BCUT2D eigenvalue weighted by atomic mass is 16.3. The third-order valence-corrected chi connectivity index (χ3v) is 4.39. The van der Waals surface area contributed by atoms with Crippen molar-refractivity contribution in [2.24, 2.45) is 5.92 Å². The monoisotopic (exact) mass is 290 g/mol. The summed E-state index contributed by atoms with van der Waals surface area (Å²) in [6.07, 6.45) is 3.55. The molecule has 0 aliphatic heterocycles. The van der Waals surface area contributed by atoms with Crippen LogP contribution in [-0.4, -0.2) is 48.3 Å². The lowest BCUT2D eigenvalue weighted by Gasteiger charge is -2.38. The average Bonchev–Trinajstić information content (AvgIpc) is 3.30. The van der Waals surface area contributed by atoms with E-state index in [4.69, 9.17) is 0 Å². The molecule has 1 aromatic rings. The molecule has 0 bridgehead atoms. The number of aliphatic hydroxyl groups excluding tert-OH is 1. The van der Waals surface area contributed by atoms with Gasteiger partial charge in [0.2, 0.25) is 0 Å². The van der Waals surface area contributed by atoms with Gasteiger partial charge >= 0.3 is 0 Å². The van der Waals surface area contributed by atoms with Gasteiger partial charge in [0.05, 0.1) is 12.1 Å². The Kier molecular flexibility index (Phi) is 5.80. The summed E-state index contributed by atoms with van der Waals surface area (Å²) in [5.41, 5.74) is 1.25. The molecule has 0 saturated heterocycles. The largest absolute Gasteiger partial charge is 0.394 e. The first-order chi connectivity index (χ1) is 10.1. The highest BCUT2D eigenvalue weighted by molar-refractivity contribution is 5.15. The molecular formula is C18H30N2O. The maximum absolute atomic E-state index is 9.98. The first-order valence-corrected chi connectivity index (χ1v) is 8.17. The highest BCUT2D eigenvalue weighted by Crippen LogP contribution is 2.40. The fourth-order valence-corrected chi connectivity index (χ4v) is 3.25. The standard InChI is InChI=1S/C18H30N2O/c1-15(2)19-18(14-21,17-9-10-17)13-20(3)12-11-16-7-5-4-6-8-16/h4-8,15,17,19,21H,9-14H2,1-3H3. The van der Waals surface area contributed by atoms with Gasteiger partial charge in [0.1, 0.15) is 0 Å². The first kappa shape index (κ1) is 16.5. The number of rotatable bonds is 9. The van der Waals surface area contributed by atoms with Gasteiger partial charge in [-0.2, -0.15) is 0 Å². The van der Waals surface area contributed by atoms with Crippen LogP contribution in [0.5, 0.6) is 0 Å². The van der Waals surface area contributed by atoms with Gasteiger partial charge in [-0.15, -0.1) is 0 Å². The van der Waals surface area contributed by atoms with Crippen LogP contribution >= 0.6 is 0 Å². The van der Waals surface area contributed by atoms with Gasteiger partial charge in [-0.25, -0.2) is 0 Å². The summed E-state index contributed by atoms with van der Waals surface area (Å²) in [6.45, 7) is 6.50. The van der Waals surface area contributed by atoms with Gasteiger partial charge in [-0.05, 0) is 37.8 Å². The van der Waals surface area contributed by atoms with Crippen molar-refractivity contribution >= 4 is 0 Å². The predicted molar refractivity (Wildman–Crippen MR) is 88.5 cm³/mol. The minimum Gasteiger partial charge on any atom is -0.394 e. The van der Waals surface area contributed by atoms with E-state index in [-0.39, 0.29) is 12.1 Å². The lowest BCUT2D eigenvalue weighted by atomic mass is 9.92. The topological polar surface area (TPSA) is 35.5 Å². The van der Waals surface area contributed by atoms with E-state index in [1.54, 1.807) is 0 Å². The van der Waals surface area contributed by atoms with Crippen molar-refractivity contribution in [3.63, 3.8) is 0 Å². The molecule has 0 radical (unpaired) electrons. The Labute approximate surface area is 129 Å². The number of aliphatic hydroxyl groups is 1. The number of hydrogen-bond acceptors (Lipinski definition) is 3. The van der Waals surface area contributed by atoms with E-state index in [0.29, 0.717) is 12.0 Å². The van der Waals surface area contributed by atoms with Crippen molar-refractivity contribution in [2.45, 2.75) is 44.7 Å². The van der Waals surface area contributed by atoms with E-state index in [9.17, 15) is 5.11 Å². The first-order valence-electron chi connectivity index (χ1n) is 8.17. The summed E-state index contributed by atoms with van der Waals surface area (Å²) in [5.74, 6) is 0.629. The quantitative estimate of drug-likeness (QED) is 0.732. The predicted octanol–water partition coefficient (Wildman–Crippen LogP) is 2.30. The van der Waals surface area contributed by atoms with Gasteiger partial charge in [-0.1, -0.05) is 44.2 Å². The molecule has 1 aliphatic rings. The van der Waals surface area contributed by atoms with Crippen LogP contribution in [-0.2, 0) is 6.42 Å². The molecule has 2 rings (SSSR count). The summed E-state index contributed by atoms with van der Waals surface area (Å²) in [4.78, 5) is 2.36. The summed E-state index contributed by atoms with van der Waals surface area (Å²) in [7, 11) is 2.16. The maximum atomic E-state index is 9.98. The Balaban J connectivity index is 1.90. The third kappa shape index (κ3) is 4.80. The van der Waals surface area contributed by atoms with E-state index in [0.717, 1.165) is 19.5 Å². The molecule has 0 heterocycles. The van der Waals surface area contributed by atoms with Crippen molar-refractivity contribution in [2.75, 3.05) is 26.7 Å². The molecule has 1 saturated carbocycles. The SMILES string of the molecule is CC(C)NC(CO)(CN(C)CCc1ccccc1)C1CC1. The summed E-state index contributed by atoms with van der Waals surface area (Å²) in [5, 5.41) is 13.6. The zero-order valence-electron chi connectivity index (χ0n) is 13.7. The van der Waals surface area contributed by atoms with E-state index >= 15 is 0 Å². The normalized spacial score (nSPS) is 18.2. The van der Waals surface area contributed by atoms with Crippen LogP contribution < -0.4 is 5.32 Å². The fraction of sp³-hybridized carbons (Fsp3) is 0.667. The molecule has 1 atom stereocenters. The van der Waals surface area contributed by atoms with Crippen LogP contribution in [0.15, 0.2) is 30.3 Å². The van der Waals surface area contributed by atoms with E-state index in [2.05, 4.69) is 61.4 Å². The fourth-order valence-electron chi connectivity index (χ4n) is 3.25. The molecule has 1 fully saturated rings. The van der Waals surface area contributed by atoms with Gasteiger partial charge in [-0.3, -0.25) is 0 Å². The number of nitrogens with zero attached hydrogens (tertiary/aromatic N) is 1. The Hall–Kier alpha value is -0.900. The molecule has 21 heavy (non-hydrogen) atoms.